The van der Waals surface area contributed by atoms with Crippen LogP contribution in [0.4, 0.5) is 5.00 Å². The van der Waals surface area contributed by atoms with Crippen molar-refractivity contribution in [2.45, 2.75) is 46.0 Å². The van der Waals surface area contributed by atoms with Crippen molar-refractivity contribution in [1.29, 1.82) is 0 Å². The number of aryl methyl sites for hydroxylation is 1. The van der Waals surface area contributed by atoms with Crippen LogP contribution >= 0.6 is 11.3 Å². The molecule has 0 fully saturated rings. The fourth-order valence-electron chi connectivity index (χ4n) is 1.83. The van der Waals surface area contributed by atoms with Crippen molar-refractivity contribution in [2.24, 2.45) is 0 Å². The van der Waals surface area contributed by atoms with Crippen LogP contribution in [0.2, 0.25) is 0 Å². The monoisotopic (exact) mass is 326 g/mol. The predicted octanol–water partition coefficient (Wildman–Crippen LogP) is 2.64. The molecular weight excluding hydrogens is 304 g/mol. The third-order valence-corrected chi connectivity index (χ3v) is 4.15. The summed E-state index contributed by atoms with van der Waals surface area (Å²) in [6, 6.07) is 1.78. The zero-order valence-corrected chi connectivity index (χ0v) is 13.7. The van der Waals surface area contributed by atoms with Gasteiger partial charge >= 0.3 is 5.97 Å². The van der Waals surface area contributed by atoms with Gasteiger partial charge in [0, 0.05) is 24.3 Å². The number of carbonyl (C=O) groups is 3. The largest absolute Gasteiger partial charge is 0.481 e. The first-order chi connectivity index (χ1) is 10.5. The van der Waals surface area contributed by atoms with Crippen molar-refractivity contribution < 1.29 is 19.5 Å². The summed E-state index contributed by atoms with van der Waals surface area (Å²) in [4.78, 5) is 35.3. The minimum absolute atomic E-state index is 0.0181. The smallest absolute Gasteiger partial charge is 0.303 e. The second kappa shape index (κ2) is 9.19. The summed E-state index contributed by atoms with van der Waals surface area (Å²) in [6.07, 6.45) is 2.34. The van der Waals surface area contributed by atoms with Crippen molar-refractivity contribution in [3.8, 4) is 0 Å². The molecule has 0 aliphatic carbocycles. The third-order valence-electron chi connectivity index (χ3n) is 2.96. The Kier molecular flexibility index (Phi) is 7.59. The van der Waals surface area contributed by atoms with Gasteiger partial charge in [0.1, 0.15) is 5.00 Å². The molecule has 0 unspecified atom stereocenters. The number of amides is 2. The quantitative estimate of drug-likeness (QED) is 0.608. The van der Waals surface area contributed by atoms with Gasteiger partial charge < -0.3 is 15.7 Å². The van der Waals surface area contributed by atoms with Gasteiger partial charge in [0.05, 0.1) is 5.56 Å². The van der Waals surface area contributed by atoms with E-state index < -0.39 is 5.97 Å². The van der Waals surface area contributed by atoms with E-state index in [1.807, 2.05) is 13.8 Å². The van der Waals surface area contributed by atoms with E-state index in [0.717, 1.165) is 17.7 Å². The van der Waals surface area contributed by atoms with Crippen LogP contribution in [-0.4, -0.2) is 29.4 Å². The Labute approximate surface area is 133 Å². The van der Waals surface area contributed by atoms with Crippen molar-refractivity contribution in [1.82, 2.24) is 5.32 Å². The third kappa shape index (κ3) is 5.85. The van der Waals surface area contributed by atoms with Crippen molar-refractivity contribution >= 4 is 34.1 Å². The van der Waals surface area contributed by atoms with Crippen LogP contribution in [0.5, 0.6) is 0 Å². The van der Waals surface area contributed by atoms with Crippen LogP contribution in [0.3, 0.4) is 0 Å². The van der Waals surface area contributed by atoms with Crippen LogP contribution in [0.25, 0.3) is 0 Å². The highest BCUT2D eigenvalue weighted by atomic mass is 32.1. The topological polar surface area (TPSA) is 95.5 Å². The first kappa shape index (κ1) is 18.2. The van der Waals surface area contributed by atoms with Gasteiger partial charge in [-0.3, -0.25) is 14.4 Å². The minimum Gasteiger partial charge on any atom is -0.481 e. The number of anilines is 1. The summed E-state index contributed by atoms with van der Waals surface area (Å²) in [5, 5.41) is 14.6. The first-order valence-corrected chi connectivity index (χ1v) is 8.22. The second-order valence-electron chi connectivity index (χ2n) is 4.86. The second-order valence-corrected chi connectivity index (χ2v) is 6.00. The Morgan fingerprint density at radius 2 is 1.95 bits per heavy atom. The lowest BCUT2D eigenvalue weighted by Crippen LogP contribution is -2.25. The molecule has 0 saturated carbocycles. The van der Waals surface area contributed by atoms with E-state index in [4.69, 9.17) is 5.11 Å². The fraction of sp³-hybridized carbons (Fsp3) is 0.533. The van der Waals surface area contributed by atoms with Gasteiger partial charge in [0.2, 0.25) is 5.91 Å². The summed E-state index contributed by atoms with van der Waals surface area (Å²) in [6.45, 7) is 4.20. The fourth-order valence-corrected chi connectivity index (χ4v) is 2.84. The Bertz CT molecular complexity index is 540. The van der Waals surface area contributed by atoms with E-state index in [1.165, 1.54) is 11.3 Å². The van der Waals surface area contributed by atoms with Gasteiger partial charge in [-0.25, -0.2) is 0 Å². The van der Waals surface area contributed by atoms with Crippen molar-refractivity contribution in [3.63, 3.8) is 0 Å². The lowest BCUT2D eigenvalue weighted by Gasteiger charge is -2.06. The Morgan fingerprint density at radius 3 is 2.55 bits per heavy atom. The van der Waals surface area contributed by atoms with E-state index in [9.17, 15) is 14.4 Å². The van der Waals surface area contributed by atoms with Crippen LogP contribution in [-0.2, 0) is 16.0 Å². The Balaban J connectivity index is 2.70. The first-order valence-electron chi connectivity index (χ1n) is 7.40. The zero-order chi connectivity index (χ0) is 16.5. The molecule has 7 heteroatoms. The molecule has 0 saturated heterocycles. The van der Waals surface area contributed by atoms with Gasteiger partial charge in [0.15, 0.2) is 0 Å². The van der Waals surface area contributed by atoms with Gasteiger partial charge in [-0.15, -0.1) is 11.3 Å². The van der Waals surface area contributed by atoms with E-state index >= 15 is 0 Å². The number of carbonyl (C=O) groups excluding carboxylic acids is 2. The molecule has 122 valence electrons. The average molecular weight is 326 g/mol. The number of nitrogens with one attached hydrogen (secondary N) is 2. The molecule has 1 heterocycles. The molecular formula is C15H22N2O4S. The molecule has 2 amide bonds. The molecule has 0 atom stereocenters. The van der Waals surface area contributed by atoms with E-state index in [1.54, 1.807) is 6.07 Å². The number of carboxylic acid groups (broad SMARTS) is 1. The molecule has 0 aliphatic rings. The van der Waals surface area contributed by atoms with Gasteiger partial charge in [-0.1, -0.05) is 13.8 Å². The predicted molar refractivity (Wildman–Crippen MR) is 86.4 cm³/mol. The molecule has 3 N–H and O–H groups in total. The molecule has 0 bridgehead atoms. The normalized spacial score (nSPS) is 10.3. The van der Waals surface area contributed by atoms with E-state index in [2.05, 4.69) is 10.6 Å². The number of aliphatic carboxylic acids is 1. The maximum atomic E-state index is 12.2. The highest BCUT2D eigenvalue weighted by Crippen LogP contribution is 2.28. The molecule has 1 rings (SSSR count). The van der Waals surface area contributed by atoms with E-state index in [-0.39, 0.29) is 18.2 Å². The van der Waals surface area contributed by atoms with Crippen LogP contribution < -0.4 is 10.6 Å². The molecule has 0 aromatic carbocycles. The lowest BCUT2D eigenvalue weighted by molar-refractivity contribution is -0.137. The summed E-state index contributed by atoms with van der Waals surface area (Å²) in [5.41, 5.74) is 0.446. The van der Waals surface area contributed by atoms with Crippen LogP contribution in [0, 0.1) is 0 Å². The Hall–Kier alpha value is -1.89. The van der Waals surface area contributed by atoms with Crippen molar-refractivity contribution in [3.05, 3.63) is 16.5 Å². The standard InChI is InChI=1S/C15H22N2O4S/c1-3-6-12(18)17-15-11(9-10(4-2)22-15)14(21)16-8-5-7-13(19)20/h9H,3-8H2,1-2H3,(H,16,21)(H,17,18)(H,19,20). The summed E-state index contributed by atoms with van der Waals surface area (Å²) >= 11 is 1.40. The van der Waals surface area contributed by atoms with Gasteiger partial charge in [0.25, 0.3) is 5.91 Å². The average Bonchev–Trinajstić information content (AvgIpc) is 2.86. The molecule has 6 nitrogen and oxygen atoms in total. The maximum Gasteiger partial charge on any atom is 0.303 e. The van der Waals surface area contributed by atoms with E-state index in [0.29, 0.717) is 30.0 Å². The number of carboxylic acids is 1. The minimum atomic E-state index is -0.884. The summed E-state index contributed by atoms with van der Waals surface area (Å²) in [7, 11) is 0. The molecule has 1 aromatic heterocycles. The number of hydrogen-bond acceptors (Lipinski definition) is 4. The molecule has 0 aliphatic heterocycles. The van der Waals surface area contributed by atoms with Crippen LogP contribution in [0.15, 0.2) is 6.07 Å². The van der Waals surface area contributed by atoms with Crippen molar-refractivity contribution in [2.75, 3.05) is 11.9 Å². The highest BCUT2D eigenvalue weighted by Gasteiger charge is 2.17. The number of hydrogen-bond donors (Lipinski definition) is 3. The molecule has 0 radical (unpaired) electrons. The number of rotatable bonds is 9. The molecule has 22 heavy (non-hydrogen) atoms. The maximum absolute atomic E-state index is 12.2. The number of thiophene rings is 1. The summed E-state index contributed by atoms with van der Waals surface area (Å²) in [5.74, 6) is -1.27. The SMILES string of the molecule is CCCC(=O)Nc1sc(CC)cc1C(=O)NCCCC(=O)O. The molecule has 0 spiro atoms. The Morgan fingerprint density at radius 1 is 1.23 bits per heavy atom. The molecule has 1 aromatic rings. The van der Waals surface area contributed by atoms with Gasteiger partial charge in [-0.2, -0.15) is 0 Å². The zero-order valence-electron chi connectivity index (χ0n) is 12.9. The van der Waals surface area contributed by atoms with Crippen LogP contribution in [0.1, 0.15) is 54.8 Å². The lowest BCUT2D eigenvalue weighted by atomic mass is 10.2. The summed E-state index contributed by atoms with van der Waals surface area (Å²) < 4.78 is 0. The van der Waals surface area contributed by atoms with Gasteiger partial charge in [-0.05, 0) is 25.3 Å². The highest BCUT2D eigenvalue weighted by molar-refractivity contribution is 7.16.